The van der Waals surface area contributed by atoms with Crippen molar-refractivity contribution in [2.75, 3.05) is 23.3 Å². The number of aliphatic hydroxyl groups excluding tert-OH is 1. The number of rotatable bonds is 4. The van der Waals surface area contributed by atoms with Gasteiger partial charge in [0.05, 0.1) is 17.5 Å². The number of phenols is 1. The minimum absolute atomic E-state index is 0.0810. The summed E-state index contributed by atoms with van der Waals surface area (Å²) in [7, 11) is 0. The van der Waals surface area contributed by atoms with Crippen molar-refractivity contribution in [3.8, 4) is 5.75 Å². The predicted molar refractivity (Wildman–Crippen MR) is 89.3 cm³/mol. The quantitative estimate of drug-likeness (QED) is 0.811. The van der Waals surface area contributed by atoms with Crippen molar-refractivity contribution >= 4 is 11.4 Å². The number of hydrogen-bond donors (Lipinski definition) is 3. The molecule has 0 spiro atoms. The van der Waals surface area contributed by atoms with Gasteiger partial charge in [0.25, 0.3) is 0 Å². The molecule has 1 heterocycles. The molecule has 1 aliphatic rings. The van der Waals surface area contributed by atoms with Crippen LogP contribution in [0.15, 0.2) is 42.5 Å². The van der Waals surface area contributed by atoms with Gasteiger partial charge in [-0.1, -0.05) is 12.1 Å². The van der Waals surface area contributed by atoms with Crippen LogP contribution in [0.3, 0.4) is 0 Å². The molecule has 3 rings (SSSR count). The molecule has 1 saturated heterocycles. The molecule has 0 unspecified atom stereocenters. The van der Waals surface area contributed by atoms with Crippen molar-refractivity contribution in [2.24, 2.45) is 0 Å². The molecule has 0 atom stereocenters. The van der Waals surface area contributed by atoms with Gasteiger partial charge in [0, 0.05) is 25.2 Å². The fourth-order valence-corrected chi connectivity index (χ4v) is 2.89. The lowest BCUT2D eigenvalue weighted by atomic mass is 10.1. The van der Waals surface area contributed by atoms with Crippen LogP contribution in [0.4, 0.5) is 15.8 Å². The lowest BCUT2D eigenvalue weighted by Crippen LogP contribution is -2.36. The van der Waals surface area contributed by atoms with Crippen LogP contribution in [0.1, 0.15) is 18.4 Å². The number of aromatic hydroxyl groups is 1. The summed E-state index contributed by atoms with van der Waals surface area (Å²) < 4.78 is 13.3. The highest BCUT2D eigenvalue weighted by Crippen LogP contribution is 2.29. The highest BCUT2D eigenvalue weighted by atomic mass is 19.1. The Morgan fingerprint density at radius 3 is 2.65 bits per heavy atom. The minimum atomic E-state index is -0.363. The van der Waals surface area contributed by atoms with Gasteiger partial charge in [-0.25, -0.2) is 4.39 Å². The molecular formula is C18H21FN2O2. The van der Waals surface area contributed by atoms with Crippen LogP contribution in [0.2, 0.25) is 0 Å². The Balaban J connectivity index is 1.74. The number of anilines is 2. The van der Waals surface area contributed by atoms with Gasteiger partial charge in [0.15, 0.2) is 0 Å². The summed E-state index contributed by atoms with van der Waals surface area (Å²) in [5, 5.41) is 22.7. The SMILES string of the molecule is Oc1ccc(F)cc1CNc1ccccc1N1CCC(O)CC1. The zero-order chi connectivity index (χ0) is 16.2. The number of piperidine rings is 1. The van der Waals surface area contributed by atoms with Crippen LogP contribution in [0, 0.1) is 5.82 Å². The Morgan fingerprint density at radius 1 is 1.13 bits per heavy atom. The summed E-state index contributed by atoms with van der Waals surface area (Å²) >= 11 is 0. The second kappa shape index (κ2) is 6.87. The molecule has 1 fully saturated rings. The van der Waals surface area contributed by atoms with Gasteiger partial charge in [-0.05, 0) is 43.2 Å². The van der Waals surface area contributed by atoms with E-state index in [1.807, 2.05) is 24.3 Å². The minimum Gasteiger partial charge on any atom is -0.508 e. The summed E-state index contributed by atoms with van der Waals surface area (Å²) in [6, 6.07) is 11.9. The number of nitrogens with zero attached hydrogens (tertiary/aromatic N) is 1. The maximum absolute atomic E-state index is 13.3. The van der Waals surface area contributed by atoms with Crippen LogP contribution in [-0.2, 0) is 6.54 Å². The van der Waals surface area contributed by atoms with E-state index in [0.29, 0.717) is 12.1 Å². The fourth-order valence-electron chi connectivity index (χ4n) is 2.89. The standard InChI is InChI=1S/C18H21FN2O2/c19-14-5-6-18(23)13(11-14)12-20-16-3-1-2-4-17(16)21-9-7-15(22)8-10-21/h1-6,11,15,20,22-23H,7-10,12H2. The van der Waals surface area contributed by atoms with Crippen LogP contribution in [0.25, 0.3) is 0 Å². The number of phenolic OH excluding ortho intramolecular Hbond substituents is 1. The Bertz CT molecular complexity index is 670. The summed E-state index contributed by atoms with van der Waals surface area (Å²) in [5.41, 5.74) is 2.52. The average molecular weight is 316 g/mol. The third-order valence-corrected chi connectivity index (χ3v) is 4.22. The zero-order valence-corrected chi connectivity index (χ0v) is 12.9. The molecular weight excluding hydrogens is 295 g/mol. The Labute approximate surface area is 135 Å². The van der Waals surface area contributed by atoms with Crippen LogP contribution < -0.4 is 10.2 Å². The van der Waals surface area contributed by atoms with E-state index in [4.69, 9.17) is 0 Å². The van der Waals surface area contributed by atoms with E-state index in [9.17, 15) is 14.6 Å². The smallest absolute Gasteiger partial charge is 0.123 e. The van der Waals surface area contributed by atoms with Crippen molar-refractivity contribution in [2.45, 2.75) is 25.5 Å². The molecule has 3 N–H and O–H groups in total. The Hall–Kier alpha value is -2.27. The molecule has 2 aromatic carbocycles. The Kier molecular flexibility index (Phi) is 4.67. The molecule has 0 bridgehead atoms. The van der Waals surface area contributed by atoms with Gasteiger partial charge in [-0.3, -0.25) is 0 Å². The normalized spacial score (nSPS) is 15.7. The molecule has 2 aromatic rings. The lowest BCUT2D eigenvalue weighted by Gasteiger charge is -2.33. The van der Waals surface area contributed by atoms with E-state index in [-0.39, 0.29) is 17.7 Å². The third kappa shape index (κ3) is 3.74. The first-order chi connectivity index (χ1) is 11.1. The van der Waals surface area contributed by atoms with Crippen molar-refractivity contribution in [1.29, 1.82) is 0 Å². The van der Waals surface area contributed by atoms with E-state index < -0.39 is 0 Å². The number of hydrogen-bond acceptors (Lipinski definition) is 4. The highest BCUT2D eigenvalue weighted by Gasteiger charge is 2.19. The monoisotopic (exact) mass is 316 g/mol. The van der Waals surface area contributed by atoms with Gasteiger partial charge < -0.3 is 20.4 Å². The van der Waals surface area contributed by atoms with E-state index in [1.54, 1.807) is 0 Å². The van der Waals surface area contributed by atoms with Gasteiger partial charge in [-0.15, -0.1) is 0 Å². The summed E-state index contributed by atoms with van der Waals surface area (Å²) in [5.74, 6) is -0.282. The summed E-state index contributed by atoms with van der Waals surface area (Å²) in [6.07, 6.45) is 1.31. The summed E-state index contributed by atoms with van der Waals surface area (Å²) in [6.45, 7) is 1.97. The zero-order valence-electron chi connectivity index (χ0n) is 12.9. The summed E-state index contributed by atoms with van der Waals surface area (Å²) in [4.78, 5) is 2.24. The van der Waals surface area contributed by atoms with Gasteiger partial charge >= 0.3 is 0 Å². The average Bonchev–Trinajstić information content (AvgIpc) is 2.57. The molecule has 23 heavy (non-hydrogen) atoms. The molecule has 5 heteroatoms. The first kappa shape index (κ1) is 15.6. The first-order valence-electron chi connectivity index (χ1n) is 7.87. The Morgan fingerprint density at radius 2 is 1.87 bits per heavy atom. The highest BCUT2D eigenvalue weighted by molar-refractivity contribution is 5.70. The van der Waals surface area contributed by atoms with Gasteiger partial charge in [0.2, 0.25) is 0 Å². The lowest BCUT2D eigenvalue weighted by molar-refractivity contribution is 0.145. The largest absolute Gasteiger partial charge is 0.508 e. The second-order valence-corrected chi connectivity index (χ2v) is 5.86. The predicted octanol–water partition coefficient (Wildman–Crippen LogP) is 3.10. The molecule has 0 saturated carbocycles. The van der Waals surface area contributed by atoms with Gasteiger partial charge in [-0.2, -0.15) is 0 Å². The van der Waals surface area contributed by atoms with E-state index >= 15 is 0 Å². The molecule has 122 valence electrons. The number of aliphatic hydroxyl groups is 1. The van der Waals surface area contributed by atoms with Crippen LogP contribution in [-0.4, -0.2) is 29.4 Å². The molecule has 1 aliphatic heterocycles. The van der Waals surface area contributed by atoms with Crippen molar-refractivity contribution in [3.63, 3.8) is 0 Å². The van der Waals surface area contributed by atoms with Gasteiger partial charge in [0.1, 0.15) is 11.6 Å². The van der Waals surface area contributed by atoms with Crippen LogP contribution >= 0.6 is 0 Å². The molecule has 4 nitrogen and oxygen atoms in total. The van der Waals surface area contributed by atoms with Crippen LogP contribution in [0.5, 0.6) is 5.75 Å². The van der Waals surface area contributed by atoms with E-state index in [0.717, 1.165) is 37.3 Å². The number of nitrogens with one attached hydrogen (secondary N) is 1. The van der Waals surface area contributed by atoms with E-state index in [1.165, 1.54) is 18.2 Å². The van der Waals surface area contributed by atoms with Crippen molar-refractivity contribution in [1.82, 2.24) is 0 Å². The van der Waals surface area contributed by atoms with Crippen molar-refractivity contribution < 1.29 is 14.6 Å². The molecule has 0 amide bonds. The maximum Gasteiger partial charge on any atom is 0.123 e. The van der Waals surface area contributed by atoms with E-state index in [2.05, 4.69) is 10.2 Å². The molecule has 0 aromatic heterocycles. The van der Waals surface area contributed by atoms with Crippen molar-refractivity contribution in [3.05, 3.63) is 53.8 Å². The fraction of sp³-hybridized carbons (Fsp3) is 0.333. The first-order valence-corrected chi connectivity index (χ1v) is 7.87. The topological polar surface area (TPSA) is 55.7 Å². The number of para-hydroxylation sites is 2. The molecule has 0 aliphatic carbocycles. The number of halogens is 1. The maximum atomic E-state index is 13.3. The third-order valence-electron chi connectivity index (χ3n) is 4.22. The molecule has 0 radical (unpaired) electrons. The number of benzene rings is 2. The second-order valence-electron chi connectivity index (χ2n) is 5.86.